The van der Waals surface area contributed by atoms with Gasteiger partial charge >= 0.3 is 6.18 Å². The Kier molecular flexibility index (Phi) is 5.87. The molecule has 2 heterocycles. The predicted molar refractivity (Wildman–Crippen MR) is 98.0 cm³/mol. The van der Waals surface area contributed by atoms with Crippen LogP contribution in [0.1, 0.15) is 11.4 Å². The SMILES string of the molecule is CN(Cc1ccc(N2CCOCC2)cc1)Cn1nc(C(F)(F)F)n(C)c1=S. The highest BCUT2D eigenvalue weighted by Gasteiger charge is 2.37. The van der Waals surface area contributed by atoms with Gasteiger partial charge in [-0.1, -0.05) is 12.1 Å². The maximum atomic E-state index is 12.9. The Hall–Kier alpha value is -1.91. The molecule has 0 aliphatic carbocycles. The lowest BCUT2D eigenvalue weighted by Crippen LogP contribution is -2.36. The first kappa shape index (κ1) is 19.8. The first-order chi connectivity index (χ1) is 12.8. The van der Waals surface area contributed by atoms with E-state index in [1.807, 2.05) is 24.1 Å². The largest absolute Gasteiger partial charge is 0.451 e. The number of benzene rings is 1. The molecule has 2 aromatic rings. The second kappa shape index (κ2) is 7.99. The highest BCUT2D eigenvalue weighted by molar-refractivity contribution is 7.71. The third kappa shape index (κ3) is 4.69. The molecule has 0 atom stereocenters. The summed E-state index contributed by atoms with van der Waals surface area (Å²) in [4.78, 5) is 4.13. The molecular formula is C17H22F3N5OS. The first-order valence-corrected chi connectivity index (χ1v) is 8.98. The maximum absolute atomic E-state index is 12.9. The van der Waals surface area contributed by atoms with Gasteiger partial charge in [-0.05, 0) is 37.0 Å². The van der Waals surface area contributed by atoms with Crippen LogP contribution in [0.5, 0.6) is 0 Å². The van der Waals surface area contributed by atoms with Crippen molar-refractivity contribution in [2.45, 2.75) is 19.4 Å². The van der Waals surface area contributed by atoms with Gasteiger partial charge < -0.3 is 9.64 Å². The van der Waals surface area contributed by atoms with Gasteiger partial charge in [0.1, 0.15) is 0 Å². The minimum absolute atomic E-state index is 0.0387. The zero-order valence-electron chi connectivity index (χ0n) is 15.2. The highest BCUT2D eigenvalue weighted by Crippen LogP contribution is 2.27. The van der Waals surface area contributed by atoms with E-state index >= 15 is 0 Å². The summed E-state index contributed by atoms with van der Waals surface area (Å²) in [6, 6.07) is 8.17. The average molecular weight is 401 g/mol. The number of hydrogen-bond acceptors (Lipinski definition) is 5. The molecule has 0 amide bonds. The molecule has 0 N–H and O–H groups in total. The van der Waals surface area contributed by atoms with Gasteiger partial charge in [0.05, 0.1) is 19.9 Å². The molecular weight excluding hydrogens is 379 g/mol. The van der Waals surface area contributed by atoms with Crippen molar-refractivity contribution in [1.82, 2.24) is 19.2 Å². The van der Waals surface area contributed by atoms with Crippen LogP contribution in [0.25, 0.3) is 0 Å². The van der Waals surface area contributed by atoms with E-state index in [1.165, 1.54) is 11.7 Å². The monoisotopic (exact) mass is 401 g/mol. The van der Waals surface area contributed by atoms with Gasteiger partial charge in [0, 0.05) is 32.4 Å². The van der Waals surface area contributed by atoms with E-state index in [0.717, 1.165) is 42.1 Å². The second-order valence-electron chi connectivity index (χ2n) is 6.58. The lowest BCUT2D eigenvalue weighted by Gasteiger charge is -2.29. The lowest BCUT2D eigenvalue weighted by molar-refractivity contribution is -0.147. The van der Waals surface area contributed by atoms with Crippen LogP contribution in [0.15, 0.2) is 24.3 Å². The summed E-state index contributed by atoms with van der Waals surface area (Å²) in [6.45, 7) is 3.96. The van der Waals surface area contributed by atoms with Gasteiger partial charge in [0.2, 0.25) is 5.82 Å². The van der Waals surface area contributed by atoms with Crippen LogP contribution in [-0.2, 0) is 31.2 Å². The molecule has 0 saturated carbocycles. The molecule has 3 rings (SSSR count). The highest BCUT2D eigenvalue weighted by atomic mass is 32.1. The average Bonchev–Trinajstić information content (AvgIpc) is 2.91. The second-order valence-corrected chi connectivity index (χ2v) is 6.95. The molecule has 1 saturated heterocycles. The van der Waals surface area contributed by atoms with Crippen molar-refractivity contribution in [2.75, 3.05) is 38.3 Å². The van der Waals surface area contributed by atoms with Gasteiger partial charge in [0.15, 0.2) is 4.77 Å². The third-order valence-electron chi connectivity index (χ3n) is 4.43. The van der Waals surface area contributed by atoms with Crippen molar-refractivity contribution in [3.8, 4) is 0 Å². The number of aromatic nitrogens is 3. The van der Waals surface area contributed by atoms with E-state index in [-0.39, 0.29) is 11.4 Å². The Morgan fingerprint density at radius 3 is 2.37 bits per heavy atom. The van der Waals surface area contributed by atoms with Gasteiger partial charge in [-0.2, -0.15) is 13.2 Å². The molecule has 1 aliphatic rings. The summed E-state index contributed by atoms with van der Waals surface area (Å²) in [6.07, 6.45) is -4.53. The number of halogens is 3. The van der Waals surface area contributed by atoms with Crippen molar-refractivity contribution < 1.29 is 17.9 Å². The molecule has 0 spiro atoms. The molecule has 0 unspecified atom stereocenters. The maximum Gasteiger partial charge on any atom is 0.451 e. The van der Waals surface area contributed by atoms with E-state index in [4.69, 9.17) is 17.0 Å². The van der Waals surface area contributed by atoms with Crippen LogP contribution < -0.4 is 4.90 Å². The quantitative estimate of drug-likeness (QED) is 0.721. The number of rotatable bonds is 5. The molecule has 1 aliphatic heterocycles. The van der Waals surface area contributed by atoms with E-state index < -0.39 is 12.0 Å². The zero-order valence-corrected chi connectivity index (χ0v) is 16.1. The van der Waals surface area contributed by atoms with Crippen LogP contribution in [0.4, 0.5) is 18.9 Å². The number of anilines is 1. The fraction of sp³-hybridized carbons (Fsp3) is 0.529. The summed E-state index contributed by atoms with van der Waals surface area (Å²) >= 11 is 5.08. The smallest absolute Gasteiger partial charge is 0.378 e. The van der Waals surface area contributed by atoms with Gasteiger partial charge in [-0.15, -0.1) is 5.10 Å². The van der Waals surface area contributed by atoms with Crippen LogP contribution in [0.2, 0.25) is 0 Å². The van der Waals surface area contributed by atoms with Crippen molar-refractivity contribution in [1.29, 1.82) is 0 Å². The topological polar surface area (TPSA) is 38.5 Å². The summed E-state index contributed by atoms with van der Waals surface area (Å²) in [5.41, 5.74) is 2.21. The van der Waals surface area contributed by atoms with Crippen molar-refractivity contribution >= 4 is 17.9 Å². The summed E-state index contributed by atoms with van der Waals surface area (Å²) < 4.78 is 46.3. The lowest BCUT2D eigenvalue weighted by atomic mass is 10.2. The molecule has 0 radical (unpaired) electrons. The summed E-state index contributed by atoms with van der Waals surface area (Å²) in [5, 5.41) is 3.63. The van der Waals surface area contributed by atoms with Crippen molar-refractivity contribution in [2.24, 2.45) is 7.05 Å². The van der Waals surface area contributed by atoms with Crippen LogP contribution in [0.3, 0.4) is 0 Å². The molecule has 1 fully saturated rings. The molecule has 0 bridgehead atoms. The molecule has 27 heavy (non-hydrogen) atoms. The Balaban J connectivity index is 1.64. The standard InChI is InChI=1S/C17H22F3N5OS/c1-22(12-25-16(27)23(2)15(21-25)17(18,19)20)11-13-3-5-14(6-4-13)24-7-9-26-10-8-24/h3-6H,7-12H2,1-2H3. The number of ether oxygens (including phenoxy) is 1. The van der Waals surface area contributed by atoms with Crippen molar-refractivity contribution in [3.63, 3.8) is 0 Å². The molecule has 1 aromatic heterocycles. The number of nitrogens with zero attached hydrogens (tertiary/aromatic N) is 5. The number of morpholine rings is 1. The molecule has 148 valence electrons. The predicted octanol–water partition coefficient (Wildman–Crippen LogP) is 2.90. The van der Waals surface area contributed by atoms with E-state index in [1.54, 1.807) is 0 Å². The van der Waals surface area contributed by atoms with E-state index in [0.29, 0.717) is 6.54 Å². The minimum atomic E-state index is -4.53. The fourth-order valence-corrected chi connectivity index (χ4v) is 3.24. The van der Waals surface area contributed by atoms with E-state index in [9.17, 15) is 13.2 Å². The zero-order chi connectivity index (χ0) is 19.6. The van der Waals surface area contributed by atoms with Crippen LogP contribution >= 0.6 is 12.2 Å². The van der Waals surface area contributed by atoms with Gasteiger partial charge in [-0.25, -0.2) is 4.68 Å². The Labute approximate surface area is 160 Å². The molecule has 1 aromatic carbocycles. The number of alkyl halides is 3. The van der Waals surface area contributed by atoms with E-state index in [2.05, 4.69) is 22.1 Å². The number of hydrogen-bond donors (Lipinski definition) is 0. The molecule has 10 heteroatoms. The third-order valence-corrected chi connectivity index (χ3v) is 4.92. The van der Waals surface area contributed by atoms with Crippen LogP contribution in [0, 0.1) is 4.77 Å². The summed E-state index contributed by atoms with van der Waals surface area (Å²) in [7, 11) is 3.10. The normalized spacial score (nSPS) is 15.6. The first-order valence-electron chi connectivity index (χ1n) is 8.57. The Bertz CT molecular complexity index is 825. The Morgan fingerprint density at radius 2 is 1.81 bits per heavy atom. The minimum Gasteiger partial charge on any atom is -0.378 e. The fourth-order valence-electron chi connectivity index (χ4n) is 3.05. The Morgan fingerprint density at radius 1 is 1.19 bits per heavy atom. The summed E-state index contributed by atoms with van der Waals surface area (Å²) in [5.74, 6) is -0.990. The van der Waals surface area contributed by atoms with Crippen molar-refractivity contribution in [3.05, 3.63) is 40.4 Å². The molecule has 6 nitrogen and oxygen atoms in total. The van der Waals surface area contributed by atoms with Crippen LogP contribution in [-0.4, -0.2) is 52.6 Å². The van der Waals surface area contributed by atoms with Gasteiger partial charge in [0.25, 0.3) is 0 Å². The van der Waals surface area contributed by atoms with Gasteiger partial charge in [-0.3, -0.25) is 9.47 Å².